The number of unbranched alkanes of at least 4 members (excludes halogenated alkanes) is 35. The molecule has 1 unspecified atom stereocenters. The van der Waals surface area contributed by atoms with Crippen LogP contribution in [0.25, 0.3) is 0 Å². The van der Waals surface area contributed by atoms with Gasteiger partial charge in [0.25, 0.3) is 0 Å². The molecule has 0 saturated heterocycles. The van der Waals surface area contributed by atoms with Gasteiger partial charge in [-0.05, 0) is 12.8 Å². The molecule has 0 rings (SSSR count). The minimum Gasteiger partial charge on any atom is -0.462 e. The minimum atomic E-state index is -4.37. The van der Waals surface area contributed by atoms with E-state index in [4.69, 9.17) is 18.5 Å². The molecule has 10 heteroatoms. The van der Waals surface area contributed by atoms with E-state index >= 15 is 0 Å². The maximum Gasteiger partial charge on any atom is 0.472 e. The molecule has 364 valence electrons. The zero-order valence-corrected chi connectivity index (χ0v) is 42.1. The molecule has 0 aromatic rings. The molecule has 0 aromatic heterocycles. The summed E-state index contributed by atoms with van der Waals surface area (Å²) in [6.07, 6.45) is 47.2. The van der Waals surface area contributed by atoms with Crippen molar-refractivity contribution in [1.29, 1.82) is 0 Å². The van der Waals surface area contributed by atoms with Gasteiger partial charge in [-0.2, -0.15) is 0 Å². The van der Waals surface area contributed by atoms with Gasteiger partial charge in [0.15, 0.2) is 6.10 Å². The molecular formula is C51H103NO8P+. The molecule has 0 aliphatic carbocycles. The second-order valence-electron chi connectivity index (χ2n) is 19.3. The number of esters is 2. The van der Waals surface area contributed by atoms with Gasteiger partial charge in [-0.3, -0.25) is 18.6 Å². The van der Waals surface area contributed by atoms with Crippen LogP contribution in [0.1, 0.15) is 264 Å². The molecule has 0 heterocycles. The molecule has 0 spiro atoms. The topological polar surface area (TPSA) is 108 Å². The number of carbonyl (C=O) groups excluding carboxylic acids is 2. The molecule has 2 atom stereocenters. The molecule has 0 saturated carbocycles. The molecule has 0 bridgehead atoms. The minimum absolute atomic E-state index is 0.0372. The quantitative estimate of drug-likeness (QED) is 0.0278. The Balaban J connectivity index is 4.16. The number of phosphoric ester groups is 1. The van der Waals surface area contributed by atoms with Gasteiger partial charge < -0.3 is 18.9 Å². The van der Waals surface area contributed by atoms with Crippen LogP contribution in [-0.4, -0.2) is 74.9 Å². The fraction of sp³-hybridized carbons (Fsp3) is 0.961. The maximum atomic E-state index is 12.7. The molecule has 0 aliphatic rings. The summed E-state index contributed by atoms with van der Waals surface area (Å²) in [5.74, 6) is -0.777. The molecule has 0 amide bonds. The van der Waals surface area contributed by atoms with Gasteiger partial charge in [-0.25, -0.2) is 4.57 Å². The molecule has 9 nitrogen and oxygen atoms in total. The SMILES string of the molecule is CCCCCCCCCCCCCCCCCCCCCCCC(=O)OC[C@@H](COP(=O)(O)OCC[N+](C)(C)C)OC(=O)CCCCCCCCCCCCCCCCCC. The second kappa shape index (κ2) is 44.2. The maximum absolute atomic E-state index is 12.7. The van der Waals surface area contributed by atoms with E-state index in [1.54, 1.807) is 0 Å². The van der Waals surface area contributed by atoms with Gasteiger partial charge in [-0.15, -0.1) is 0 Å². The monoisotopic (exact) mass is 889 g/mol. The van der Waals surface area contributed by atoms with E-state index in [0.29, 0.717) is 17.4 Å². The molecule has 1 N–H and O–H groups in total. The highest BCUT2D eigenvalue weighted by Crippen LogP contribution is 2.43. The number of nitrogens with zero attached hydrogens (tertiary/aromatic N) is 1. The zero-order valence-electron chi connectivity index (χ0n) is 41.2. The van der Waals surface area contributed by atoms with E-state index in [1.165, 1.54) is 199 Å². The summed E-state index contributed by atoms with van der Waals surface area (Å²) in [5.41, 5.74) is 0. The fourth-order valence-corrected chi connectivity index (χ4v) is 8.52. The summed E-state index contributed by atoms with van der Waals surface area (Å²) in [7, 11) is 1.50. The molecular weight excluding hydrogens is 786 g/mol. The van der Waals surface area contributed by atoms with Crippen molar-refractivity contribution in [3.63, 3.8) is 0 Å². The van der Waals surface area contributed by atoms with Gasteiger partial charge in [0.05, 0.1) is 27.7 Å². The van der Waals surface area contributed by atoms with Gasteiger partial charge in [0, 0.05) is 12.8 Å². The molecule has 0 fully saturated rings. The number of hydrogen-bond donors (Lipinski definition) is 1. The predicted octanol–water partition coefficient (Wildman–Crippen LogP) is 15.5. The Morgan fingerprint density at radius 1 is 0.443 bits per heavy atom. The smallest absolute Gasteiger partial charge is 0.462 e. The average molecular weight is 889 g/mol. The van der Waals surface area contributed by atoms with Crippen LogP contribution in [0.15, 0.2) is 0 Å². The van der Waals surface area contributed by atoms with Crippen molar-refractivity contribution < 1.29 is 42.1 Å². The van der Waals surface area contributed by atoms with Crippen LogP contribution < -0.4 is 0 Å². The largest absolute Gasteiger partial charge is 0.472 e. The predicted molar refractivity (Wildman–Crippen MR) is 257 cm³/mol. The summed E-state index contributed by atoms with van der Waals surface area (Å²) in [6.45, 7) is 4.49. The van der Waals surface area contributed by atoms with Crippen LogP contribution in [0.3, 0.4) is 0 Å². The van der Waals surface area contributed by atoms with Crippen LogP contribution in [0.5, 0.6) is 0 Å². The van der Waals surface area contributed by atoms with E-state index in [0.717, 1.165) is 38.5 Å². The molecule has 61 heavy (non-hydrogen) atoms. The number of hydrogen-bond acceptors (Lipinski definition) is 7. The summed E-state index contributed by atoms with van der Waals surface area (Å²) in [6, 6.07) is 0. The zero-order chi connectivity index (χ0) is 45.0. The van der Waals surface area contributed by atoms with Crippen LogP contribution in [0.4, 0.5) is 0 Å². The Bertz CT molecular complexity index is 1010. The van der Waals surface area contributed by atoms with Crippen molar-refractivity contribution in [1.82, 2.24) is 0 Å². The van der Waals surface area contributed by atoms with E-state index in [9.17, 15) is 19.0 Å². The molecule has 0 aliphatic heterocycles. The van der Waals surface area contributed by atoms with Crippen LogP contribution in [0, 0.1) is 0 Å². The fourth-order valence-electron chi connectivity index (χ4n) is 7.78. The van der Waals surface area contributed by atoms with Crippen LogP contribution in [0.2, 0.25) is 0 Å². The number of phosphoric acid groups is 1. The summed E-state index contributed by atoms with van der Waals surface area (Å²) in [5, 5.41) is 0. The van der Waals surface area contributed by atoms with E-state index in [-0.39, 0.29) is 25.6 Å². The number of likely N-dealkylation sites (N-methyl/N-ethyl adjacent to an activating group) is 1. The van der Waals surface area contributed by atoms with Crippen LogP contribution in [-0.2, 0) is 32.7 Å². The first kappa shape index (κ1) is 60.0. The highest BCUT2D eigenvalue weighted by Gasteiger charge is 2.27. The van der Waals surface area contributed by atoms with Crippen molar-refractivity contribution in [2.45, 2.75) is 270 Å². The first-order chi connectivity index (χ1) is 29.5. The standard InChI is InChI=1S/C51H102NO8P/c1-6-8-10-12-14-16-18-20-22-24-25-26-27-28-30-31-33-35-37-39-41-43-50(53)57-47-49(48-59-61(55,56)58-46-45-52(3,4)5)60-51(54)44-42-40-38-36-34-32-29-23-21-19-17-15-13-11-9-7-2/h49H,6-48H2,1-5H3/p+1/t49-/m0/s1. The average Bonchev–Trinajstić information content (AvgIpc) is 3.21. The summed E-state index contributed by atoms with van der Waals surface area (Å²) < 4.78 is 34.5. The van der Waals surface area contributed by atoms with Crippen molar-refractivity contribution in [2.75, 3.05) is 47.5 Å². The van der Waals surface area contributed by atoms with Gasteiger partial charge in [0.2, 0.25) is 0 Å². The summed E-state index contributed by atoms with van der Waals surface area (Å²) >= 11 is 0. The van der Waals surface area contributed by atoms with Crippen molar-refractivity contribution >= 4 is 19.8 Å². The lowest BCUT2D eigenvalue weighted by Crippen LogP contribution is -2.37. The highest BCUT2D eigenvalue weighted by molar-refractivity contribution is 7.47. The van der Waals surface area contributed by atoms with E-state index < -0.39 is 26.5 Å². The van der Waals surface area contributed by atoms with Crippen molar-refractivity contribution in [3.8, 4) is 0 Å². The van der Waals surface area contributed by atoms with Gasteiger partial charge in [0.1, 0.15) is 19.8 Å². The van der Waals surface area contributed by atoms with Crippen LogP contribution >= 0.6 is 7.82 Å². The Kier molecular flexibility index (Phi) is 43.5. The third kappa shape index (κ3) is 48.3. The van der Waals surface area contributed by atoms with E-state index in [1.807, 2.05) is 21.1 Å². The summed E-state index contributed by atoms with van der Waals surface area (Å²) in [4.78, 5) is 35.5. The Morgan fingerprint density at radius 3 is 1.05 bits per heavy atom. The van der Waals surface area contributed by atoms with Crippen molar-refractivity contribution in [3.05, 3.63) is 0 Å². The first-order valence-electron chi connectivity index (χ1n) is 26.3. The Morgan fingerprint density at radius 2 is 0.738 bits per heavy atom. The molecule has 0 aromatic carbocycles. The third-order valence-electron chi connectivity index (χ3n) is 11.9. The number of ether oxygens (including phenoxy) is 2. The Hall–Kier alpha value is -0.990. The van der Waals surface area contributed by atoms with Crippen molar-refractivity contribution in [2.24, 2.45) is 0 Å². The van der Waals surface area contributed by atoms with Gasteiger partial charge >= 0.3 is 19.8 Å². The lowest BCUT2D eigenvalue weighted by Gasteiger charge is -2.24. The Labute approximate surface area is 378 Å². The highest BCUT2D eigenvalue weighted by atomic mass is 31.2. The van der Waals surface area contributed by atoms with Gasteiger partial charge in [-0.1, -0.05) is 239 Å². The number of carbonyl (C=O) groups is 2. The number of rotatable bonds is 49. The second-order valence-corrected chi connectivity index (χ2v) is 20.7. The lowest BCUT2D eigenvalue weighted by molar-refractivity contribution is -0.870. The number of quaternary nitrogens is 1. The molecule has 0 radical (unpaired) electrons. The normalized spacial score (nSPS) is 13.3. The third-order valence-corrected chi connectivity index (χ3v) is 12.9. The lowest BCUT2D eigenvalue weighted by atomic mass is 10.0. The van der Waals surface area contributed by atoms with E-state index in [2.05, 4.69) is 13.8 Å². The first-order valence-corrected chi connectivity index (χ1v) is 27.8.